The van der Waals surface area contributed by atoms with Crippen LogP contribution in [0.5, 0.6) is 0 Å². The summed E-state index contributed by atoms with van der Waals surface area (Å²) in [4.78, 5) is 3.32. The lowest BCUT2D eigenvalue weighted by molar-refractivity contribution is -0.0610. The maximum atomic E-state index is 12.8. The third kappa shape index (κ3) is 5.22. The van der Waals surface area contributed by atoms with E-state index in [1.165, 1.54) is 6.08 Å². The zero-order chi connectivity index (χ0) is 14.3. The minimum absolute atomic E-state index is 0.150. The van der Waals surface area contributed by atoms with Crippen molar-refractivity contribution in [2.75, 3.05) is 26.7 Å². The third-order valence-corrected chi connectivity index (χ3v) is 2.99. The number of ether oxygens (including phenoxy) is 1. The fraction of sp³-hybridized carbons (Fsp3) is 0.769. The van der Waals surface area contributed by atoms with Gasteiger partial charge in [0.2, 0.25) is 0 Å². The van der Waals surface area contributed by atoms with Crippen LogP contribution in [0.15, 0.2) is 16.8 Å². The molecule has 6 heteroatoms. The maximum Gasteiger partial charge on any atom is 0.436 e. The predicted octanol–water partition coefficient (Wildman–Crippen LogP) is 2.93. The van der Waals surface area contributed by atoms with Crippen LogP contribution in [0.25, 0.3) is 0 Å². The summed E-state index contributed by atoms with van der Waals surface area (Å²) in [5.74, 6) is 0.114. The van der Waals surface area contributed by atoms with Gasteiger partial charge < -0.3 is 10.1 Å². The third-order valence-electron chi connectivity index (χ3n) is 2.99. The number of halogens is 3. The van der Waals surface area contributed by atoms with Crippen molar-refractivity contribution in [3.05, 3.63) is 11.8 Å². The molecule has 1 aliphatic heterocycles. The van der Waals surface area contributed by atoms with Gasteiger partial charge in [0.25, 0.3) is 0 Å². The second-order valence-electron chi connectivity index (χ2n) is 4.57. The number of hydrogen-bond donors (Lipinski definition) is 1. The standard InChI is InChI=1S/C13H21F3N2O/c1-3-5-11(12(17-2)13(14,15)16)19-9-10-6-4-7-18-8-10/h5,10,18H,3-4,6-9H2,1-2H3/b11-5+,17-12?. The molecule has 0 aromatic rings. The number of rotatable bonds is 5. The van der Waals surface area contributed by atoms with Gasteiger partial charge in [-0.25, -0.2) is 0 Å². The normalized spacial score (nSPS) is 22.5. The summed E-state index contributed by atoms with van der Waals surface area (Å²) in [7, 11) is 1.14. The first-order valence-electron chi connectivity index (χ1n) is 6.57. The highest BCUT2D eigenvalue weighted by molar-refractivity contribution is 6.02. The summed E-state index contributed by atoms with van der Waals surface area (Å²) in [5.41, 5.74) is -0.932. The van der Waals surface area contributed by atoms with E-state index in [2.05, 4.69) is 10.3 Å². The van der Waals surface area contributed by atoms with Gasteiger partial charge in [-0.1, -0.05) is 6.92 Å². The highest BCUT2D eigenvalue weighted by atomic mass is 19.4. The monoisotopic (exact) mass is 278 g/mol. The largest absolute Gasteiger partial charge is 0.491 e. The Balaban J connectivity index is 2.65. The number of hydrogen-bond acceptors (Lipinski definition) is 3. The Hall–Kier alpha value is -1.04. The molecule has 0 amide bonds. The van der Waals surface area contributed by atoms with Gasteiger partial charge in [-0.15, -0.1) is 0 Å². The highest BCUT2D eigenvalue weighted by Crippen LogP contribution is 2.24. The van der Waals surface area contributed by atoms with E-state index < -0.39 is 11.9 Å². The summed E-state index contributed by atoms with van der Waals surface area (Å²) in [5, 5.41) is 3.21. The van der Waals surface area contributed by atoms with Crippen LogP contribution in [-0.4, -0.2) is 38.6 Å². The van der Waals surface area contributed by atoms with E-state index in [0.29, 0.717) is 13.0 Å². The van der Waals surface area contributed by atoms with Gasteiger partial charge in [-0.2, -0.15) is 13.2 Å². The number of piperidine rings is 1. The fourth-order valence-corrected chi connectivity index (χ4v) is 2.06. The number of nitrogens with zero attached hydrogens (tertiary/aromatic N) is 1. The zero-order valence-electron chi connectivity index (χ0n) is 11.4. The topological polar surface area (TPSA) is 33.6 Å². The van der Waals surface area contributed by atoms with Gasteiger partial charge in [-0.3, -0.25) is 4.99 Å². The molecular formula is C13H21F3N2O. The van der Waals surface area contributed by atoms with Crippen molar-refractivity contribution in [1.82, 2.24) is 5.32 Å². The fourth-order valence-electron chi connectivity index (χ4n) is 2.06. The van der Waals surface area contributed by atoms with Gasteiger partial charge >= 0.3 is 6.18 Å². The molecule has 0 aromatic carbocycles. The quantitative estimate of drug-likeness (QED) is 0.619. The maximum absolute atomic E-state index is 12.8. The highest BCUT2D eigenvalue weighted by Gasteiger charge is 2.38. The molecule has 1 atom stereocenters. The van der Waals surface area contributed by atoms with Gasteiger partial charge in [0.15, 0.2) is 5.71 Å². The van der Waals surface area contributed by atoms with E-state index in [-0.39, 0.29) is 11.7 Å². The molecule has 0 spiro atoms. The Bertz CT molecular complexity index is 331. The van der Waals surface area contributed by atoms with Crippen molar-refractivity contribution >= 4 is 5.71 Å². The van der Waals surface area contributed by atoms with Crippen LogP contribution in [0.4, 0.5) is 13.2 Å². The smallest absolute Gasteiger partial charge is 0.436 e. The molecule has 0 radical (unpaired) electrons. The Morgan fingerprint density at radius 3 is 2.68 bits per heavy atom. The molecule has 1 heterocycles. The second-order valence-corrected chi connectivity index (χ2v) is 4.57. The van der Waals surface area contributed by atoms with E-state index in [0.717, 1.165) is 33.0 Å². The first kappa shape index (κ1) is 16.0. The Labute approximate surface area is 111 Å². The van der Waals surface area contributed by atoms with Crippen LogP contribution in [0.2, 0.25) is 0 Å². The lowest BCUT2D eigenvalue weighted by atomic mass is 10.0. The van der Waals surface area contributed by atoms with Gasteiger partial charge in [0.1, 0.15) is 5.76 Å². The minimum atomic E-state index is -4.47. The average Bonchev–Trinajstić information content (AvgIpc) is 2.36. The van der Waals surface area contributed by atoms with Crippen LogP contribution in [-0.2, 0) is 4.74 Å². The number of allylic oxidation sites excluding steroid dienone is 2. The SMILES string of the molecule is CC/C=C(/OCC1CCCNC1)C(=NC)C(F)(F)F. The van der Waals surface area contributed by atoms with Crippen molar-refractivity contribution in [3.63, 3.8) is 0 Å². The molecule has 3 nitrogen and oxygen atoms in total. The van der Waals surface area contributed by atoms with E-state index in [9.17, 15) is 13.2 Å². The summed E-state index contributed by atoms with van der Waals surface area (Å²) >= 11 is 0. The number of aliphatic imine (C=N–C) groups is 1. The van der Waals surface area contributed by atoms with Crippen molar-refractivity contribution in [2.24, 2.45) is 10.9 Å². The lowest BCUT2D eigenvalue weighted by Crippen LogP contribution is -2.33. The molecule has 1 saturated heterocycles. The van der Waals surface area contributed by atoms with Crippen molar-refractivity contribution in [3.8, 4) is 0 Å². The van der Waals surface area contributed by atoms with Crippen LogP contribution in [0.1, 0.15) is 26.2 Å². The molecule has 0 saturated carbocycles. The first-order valence-corrected chi connectivity index (χ1v) is 6.57. The Kier molecular flexibility index (Phi) is 6.34. The zero-order valence-corrected chi connectivity index (χ0v) is 11.4. The van der Waals surface area contributed by atoms with Crippen molar-refractivity contribution < 1.29 is 17.9 Å². The van der Waals surface area contributed by atoms with E-state index in [4.69, 9.17) is 4.74 Å². The Morgan fingerprint density at radius 2 is 2.21 bits per heavy atom. The average molecular weight is 278 g/mol. The molecule has 1 rings (SSSR count). The molecule has 110 valence electrons. The van der Waals surface area contributed by atoms with Gasteiger partial charge in [0.05, 0.1) is 6.61 Å². The Morgan fingerprint density at radius 1 is 1.47 bits per heavy atom. The second kappa shape index (κ2) is 7.53. The van der Waals surface area contributed by atoms with Gasteiger partial charge in [0, 0.05) is 19.5 Å². The van der Waals surface area contributed by atoms with E-state index in [1.54, 1.807) is 6.92 Å². The minimum Gasteiger partial charge on any atom is -0.491 e. The molecule has 0 bridgehead atoms. The van der Waals surface area contributed by atoms with E-state index in [1.807, 2.05) is 0 Å². The summed E-state index contributed by atoms with van der Waals surface area (Å²) in [6, 6.07) is 0. The van der Waals surface area contributed by atoms with Crippen LogP contribution < -0.4 is 5.32 Å². The summed E-state index contributed by atoms with van der Waals surface area (Å²) in [6.45, 7) is 3.84. The molecule has 1 aliphatic rings. The molecule has 0 aliphatic carbocycles. The molecule has 1 fully saturated rings. The van der Waals surface area contributed by atoms with E-state index >= 15 is 0 Å². The number of alkyl halides is 3. The molecule has 19 heavy (non-hydrogen) atoms. The molecule has 1 unspecified atom stereocenters. The molecular weight excluding hydrogens is 257 g/mol. The van der Waals surface area contributed by atoms with Crippen LogP contribution in [0, 0.1) is 5.92 Å². The van der Waals surface area contributed by atoms with Gasteiger partial charge in [-0.05, 0) is 31.9 Å². The van der Waals surface area contributed by atoms with Crippen molar-refractivity contribution in [2.45, 2.75) is 32.4 Å². The lowest BCUT2D eigenvalue weighted by Gasteiger charge is -2.24. The molecule has 1 N–H and O–H groups in total. The predicted molar refractivity (Wildman–Crippen MR) is 69.3 cm³/mol. The number of nitrogens with one attached hydrogen (secondary N) is 1. The molecule has 0 aromatic heterocycles. The van der Waals surface area contributed by atoms with Crippen LogP contribution in [0.3, 0.4) is 0 Å². The van der Waals surface area contributed by atoms with Crippen molar-refractivity contribution in [1.29, 1.82) is 0 Å². The summed E-state index contributed by atoms with van der Waals surface area (Å²) in [6.07, 6.45) is -0.536. The summed E-state index contributed by atoms with van der Waals surface area (Å²) < 4.78 is 43.8. The van der Waals surface area contributed by atoms with Crippen LogP contribution >= 0.6 is 0 Å². The first-order chi connectivity index (χ1) is 8.99.